The third kappa shape index (κ3) is 6.14. The maximum Gasteiger partial charge on any atom is 0.192 e. The molecule has 31 heavy (non-hydrogen) atoms. The van der Waals surface area contributed by atoms with E-state index in [0.717, 1.165) is 28.3 Å². The van der Waals surface area contributed by atoms with Gasteiger partial charge in [0, 0.05) is 19.8 Å². The second-order valence-corrected chi connectivity index (χ2v) is 9.44. The number of nitrogens with one attached hydrogen (secondary N) is 2. The Bertz CT molecular complexity index is 1170. The molecule has 9 heteroatoms. The van der Waals surface area contributed by atoms with Crippen LogP contribution in [0.3, 0.4) is 0 Å². The molecule has 0 radical (unpaired) electrons. The molecule has 0 aliphatic rings. The molecule has 0 unspecified atom stereocenters. The van der Waals surface area contributed by atoms with E-state index >= 15 is 0 Å². The average Bonchev–Trinajstić information content (AvgIpc) is 3.05. The Morgan fingerprint density at radius 2 is 1.71 bits per heavy atom. The molecule has 0 aliphatic heterocycles. The average molecular weight is 441 g/mol. The molecule has 8 nitrogen and oxygen atoms in total. The number of sulfone groups is 1. The van der Waals surface area contributed by atoms with Crippen LogP contribution < -0.4 is 10.6 Å². The van der Waals surface area contributed by atoms with Crippen LogP contribution in [0.15, 0.2) is 58.4 Å². The monoisotopic (exact) mass is 440 g/mol. The molecule has 3 rings (SSSR count). The Morgan fingerprint density at radius 3 is 2.32 bits per heavy atom. The number of aliphatic imine (C=N–C) groups is 1. The SMILES string of the molecule is Cc1cc(CN=C(NCc2ccccc2)NCc2nnc(C)n2C)ccc1S(C)(=O)=O. The molecule has 0 saturated carbocycles. The summed E-state index contributed by atoms with van der Waals surface area (Å²) in [5.41, 5.74) is 2.79. The Kier molecular flexibility index (Phi) is 7.06. The van der Waals surface area contributed by atoms with Crippen molar-refractivity contribution in [3.63, 3.8) is 0 Å². The first-order chi connectivity index (χ1) is 14.7. The number of nitrogens with zero attached hydrogens (tertiary/aromatic N) is 4. The van der Waals surface area contributed by atoms with Crippen LogP contribution in [0.2, 0.25) is 0 Å². The van der Waals surface area contributed by atoms with Crippen LogP contribution in [0.25, 0.3) is 0 Å². The van der Waals surface area contributed by atoms with Crippen molar-refractivity contribution in [1.29, 1.82) is 0 Å². The number of hydrogen-bond acceptors (Lipinski definition) is 5. The van der Waals surface area contributed by atoms with Crippen molar-refractivity contribution in [3.05, 3.63) is 76.9 Å². The zero-order valence-corrected chi connectivity index (χ0v) is 19.1. The molecule has 0 amide bonds. The zero-order valence-electron chi connectivity index (χ0n) is 18.3. The summed E-state index contributed by atoms with van der Waals surface area (Å²) in [6, 6.07) is 15.4. The first kappa shape index (κ1) is 22.5. The molecule has 0 atom stereocenters. The summed E-state index contributed by atoms with van der Waals surface area (Å²) >= 11 is 0. The highest BCUT2D eigenvalue weighted by atomic mass is 32.2. The lowest BCUT2D eigenvalue weighted by Gasteiger charge is -2.13. The number of rotatable bonds is 7. The van der Waals surface area contributed by atoms with Gasteiger partial charge in [-0.2, -0.15) is 0 Å². The van der Waals surface area contributed by atoms with Crippen LogP contribution in [0.4, 0.5) is 0 Å². The minimum Gasteiger partial charge on any atom is -0.352 e. The summed E-state index contributed by atoms with van der Waals surface area (Å²) in [7, 11) is -1.31. The fourth-order valence-corrected chi connectivity index (χ4v) is 4.08. The van der Waals surface area contributed by atoms with Crippen LogP contribution in [-0.2, 0) is 36.5 Å². The van der Waals surface area contributed by atoms with Crippen LogP contribution in [0.1, 0.15) is 28.3 Å². The Hall–Kier alpha value is -3.20. The van der Waals surface area contributed by atoms with Crippen LogP contribution in [-0.4, -0.2) is 35.4 Å². The van der Waals surface area contributed by atoms with E-state index in [-0.39, 0.29) is 0 Å². The van der Waals surface area contributed by atoms with E-state index in [0.29, 0.717) is 30.5 Å². The van der Waals surface area contributed by atoms with Crippen LogP contribution in [0, 0.1) is 13.8 Å². The first-order valence-electron chi connectivity index (χ1n) is 9.94. The normalized spacial score (nSPS) is 12.1. The van der Waals surface area contributed by atoms with Gasteiger partial charge in [0.2, 0.25) is 0 Å². The van der Waals surface area contributed by atoms with E-state index < -0.39 is 9.84 Å². The molecule has 0 fully saturated rings. The van der Waals surface area contributed by atoms with Crippen molar-refractivity contribution in [2.45, 2.75) is 38.4 Å². The minimum atomic E-state index is -3.24. The molecule has 0 bridgehead atoms. The lowest BCUT2D eigenvalue weighted by atomic mass is 10.1. The van der Waals surface area contributed by atoms with E-state index in [2.05, 4.69) is 25.8 Å². The van der Waals surface area contributed by atoms with Crippen molar-refractivity contribution in [1.82, 2.24) is 25.4 Å². The van der Waals surface area contributed by atoms with Gasteiger partial charge in [-0.15, -0.1) is 10.2 Å². The molecule has 1 heterocycles. The highest BCUT2D eigenvalue weighted by Crippen LogP contribution is 2.17. The molecule has 2 aromatic carbocycles. The second-order valence-electron chi connectivity index (χ2n) is 7.45. The van der Waals surface area contributed by atoms with Crippen LogP contribution >= 0.6 is 0 Å². The summed E-state index contributed by atoms with van der Waals surface area (Å²) in [4.78, 5) is 5.03. The summed E-state index contributed by atoms with van der Waals surface area (Å²) in [6.07, 6.45) is 1.22. The lowest BCUT2D eigenvalue weighted by Crippen LogP contribution is -2.37. The van der Waals surface area contributed by atoms with E-state index in [1.807, 2.05) is 54.9 Å². The highest BCUT2D eigenvalue weighted by Gasteiger charge is 2.11. The maximum atomic E-state index is 11.8. The first-order valence-corrected chi connectivity index (χ1v) is 11.8. The Labute approximate surface area is 183 Å². The zero-order chi connectivity index (χ0) is 22.4. The molecular weight excluding hydrogens is 412 g/mol. The minimum absolute atomic E-state index is 0.346. The highest BCUT2D eigenvalue weighted by molar-refractivity contribution is 7.90. The van der Waals surface area contributed by atoms with Gasteiger partial charge in [0.1, 0.15) is 5.82 Å². The van der Waals surface area contributed by atoms with Crippen molar-refractivity contribution in [2.75, 3.05) is 6.26 Å². The van der Waals surface area contributed by atoms with Gasteiger partial charge in [-0.1, -0.05) is 42.5 Å². The quantitative estimate of drug-likeness (QED) is 0.432. The third-order valence-corrected chi connectivity index (χ3v) is 6.22. The van der Waals surface area contributed by atoms with Gasteiger partial charge in [0.25, 0.3) is 0 Å². The molecule has 3 aromatic rings. The molecule has 1 aromatic heterocycles. The molecule has 2 N–H and O–H groups in total. The number of aryl methyl sites for hydroxylation is 2. The van der Waals surface area contributed by atoms with Crippen molar-refractivity contribution >= 4 is 15.8 Å². The van der Waals surface area contributed by atoms with E-state index in [9.17, 15) is 8.42 Å². The van der Waals surface area contributed by atoms with Gasteiger partial charge in [-0.05, 0) is 36.6 Å². The van der Waals surface area contributed by atoms with Crippen molar-refractivity contribution in [2.24, 2.45) is 12.0 Å². The topological polar surface area (TPSA) is 101 Å². The lowest BCUT2D eigenvalue weighted by molar-refractivity contribution is 0.601. The number of benzene rings is 2. The maximum absolute atomic E-state index is 11.8. The second kappa shape index (κ2) is 9.74. The fraction of sp³-hybridized carbons (Fsp3) is 0.318. The summed E-state index contributed by atoms with van der Waals surface area (Å²) < 4.78 is 25.6. The Balaban J connectivity index is 1.74. The summed E-state index contributed by atoms with van der Waals surface area (Å²) in [5.74, 6) is 2.28. The van der Waals surface area contributed by atoms with E-state index in [4.69, 9.17) is 0 Å². The summed E-state index contributed by atoms with van der Waals surface area (Å²) in [6.45, 7) is 5.21. The van der Waals surface area contributed by atoms with Gasteiger partial charge >= 0.3 is 0 Å². The molecule has 0 aliphatic carbocycles. The standard InChI is InChI=1S/C22H28N6O2S/c1-16-12-19(10-11-20(16)31(4,29)30)14-24-22(23-13-18-8-6-5-7-9-18)25-15-21-27-26-17(2)28(21)3/h5-12H,13-15H2,1-4H3,(H2,23,24,25). The molecule has 0 spiro atoms. The predicted molar refractivity (Wildman–Crippen MR) is 121 cm³/mol. The van der Waals surface area contributed by atoms with Gasteiger partial charge in [-0.25, -0.2) is 13.4 Å². The van der Waals surface area contributed by atoms with Gasteiger partial charge < -0.3 is 15.2 Å². The predicted octanol–water partition coefficient (Wildman–Crippen LogP) is 2.27. The van der Waals surface area contributed by atoms with Crippen LogP contribution in [0.5, 0.6) is 0 Å². The van der Waals surface area contributed by atoms with E-state index in [1.165, 1.54) is 6.26 Å². The van der Waals surface area contributed by atoms with Gasteiger partial charge in [0.05, 0.1) is 18.0 Å². The largest absolute Gasteiger partial charge is 0.352 e. The Morgan fingerprint density at radius 1 is 1.00 bits per heavy atom. The third-order valence-electron chi connectivity index (χ3n) is 4.96. The van der Waals surface area contributed by atoms with Crippen molar-refractivity contribution in [3.8, 4) is 0 Å². The number of aromatic nitrogens is 3. The fourth-order valence-electron chi connectivity index (χ4n) is 3.12. The number of hydrogen-bond donors (Lipinski definition) is 2. The van der Waals surface area contributed by atoms with Crippen molar-refractivity contribution < 1.29 is 8.42 Å². The molecule has 164 valence electrons. The van der Waals surface area contributed by atoms with Gasteiger partial charge in [0.15, 0.2) is 21.6 Å². The van der Waals surface area contributed by atoms with E-state index in [1.54, 1.807) is 19.1 Å². The molecule has 0 saturated heterocycles. The molecular formula is C22H28N6O2S. The van der Waals surface area contributed by atoms with Gasteiger partial charge in [-0.3, -0.25) is 0 Å². The smallest absolute Gasteiger partial charge is 0.192 e. The number of guanidine groups is 1. The summed E-state index contributed by atoms with van der Waals surface area (Å²) in [5, 5.41) is 14.9.